The number of anilines is 1. The molecule has 0 radical (unpaired) electrons. The molecule has 16 heavy (non-hydrogen) atoms. The first-order chi connectivity index (χ1) is 7.58. The van der Waals surface area contributed by atoms with Crippen molar-refractivity contribution in [1.82, 2.24) is 15.2 Å². The Morgan fingerprint density at radius 2 is 2.12 bits per heavy atom. The molecule has 2 aromatic rings. The lowest BCUT2D eigenvalue weighted by Gasteiger charge is -2.05. The molecule has 84 valence electrons. The van der Waals surface area contributed by atoms with Crippen molar-refractivity contribution in [1.29, 1.82) is 0 Å². The fraction of sp³-hybridized carbons (Fsp3) is 0.111. The summed E-state index contributed by atoms with van der Waals surface area (Å²) >= 11 is 0. The van der Waals surface area contributed by atoms with Crippen LogP contribution in [0.4, 0.5) is 5.82 Å². The highest BCUT2D eigenvalue weighted by Gasteiger charge is 2.15. The normalized spacial score (nSPS) is 11.3. The van der Waals surface area contributed by atoms with Crippen LogP contribution in [0.3, 0.4) is 0 Å². The highest BCUT2D eigenvalue weighted by molar-refractivity contribution is 7.92. The topological polar surface area (TPSA) is 87.7 Å². The maximum absolute atomic E-state index is 11.8. The van der Waals surface area contributed by atoms with Crippen molar-refractivity contribution in [2.45, 2.75) is 11.9 Å². The average molecular weight is 238 g/mol. The maximum Gasteiger partial charge on any atom is 0.279 e. The summed E-state index contributed by atoms with van der Waals surface area (Å²) in [6.07, 6.45) is 1.37. The summed E-state index contributed by atoms with van der Waals surface area (Å²) in [6, 6.07) is 6.47. The Hall–Kier alpha value is -1.89. The van der Waals surface area contributed by atoms with E-state index in [-0.39, 0.29) is 10.8 Å². The van der Waals surface area contributed by atoms with Crippen LogP contribution in [0.5, 0.6) is 0 Å². The van der Waals surface area contributed by atoms with Gasteiger partial charge in [-0.3, -0.25) is 9.82 Å². The number of pyridine rings is 1. The number of rotatable bonds is 3. The van der Waals surface area contributed by atoms with Crippen LogP contribution in [0.25, 0.3) is 0 Å². The SMILES string of the molecule is Cc1cccc(NS(=O)(=O)c2ccn[nH]2)n1. The van der Waals surface area contributed by atoms with E-state index >= 15 is 0 Å². The van der Waals surface area contributed by atoms with Gasteiger partial charge in [0.1, 0.15) is 5.82 Å². The third-order valence-electron chi connectivity index (χ3n) is 1.89. The number of nitrogens with zero attached hydrogens (tertiary/aromatic N) is 2. The first-order valence-electron chi connectivity index (χ1n) is 4.54. The first-order valence-corrected chi connectivity index (χ1v) is 6.02. The number of aryl methyl sites for hydroxylation is 1. The lowest BCUT2D eigenvalue weighted by Crippen LogP contribution is -2.14. The zero-order chi connectivity index (χ0) is 11.6. The van der Waals surface area contributed by atoms with E-state index in [9.17, 15) is 8.42 Å². The van der Waals surface area contributed by atoms with E-state index < -0.39 is 10.0 Å². The molecule has 0 aromatic carbocycles. The van der Waals surface area contributed by atoms with E-state index in [1.165, 1.54) is 12.3 Å². The first kappa shape index (κ1) is 10.6. The zero-order valence-electron chi connectivity index (χ0n) is 8.51. The molecule has 0 spiro atoms. The van der Waals surface area contributed by atoms with Gasteiger partial charge in [0.25, 0.3) is 10.0 Å². The standard InChI is InChI=1S/C9H10N4O2S/c1-7-3-2-4-8(11-7)13-16(14,15)9-5-6-10-12-9/h2-6H,1H3,(H,10,12)(H,11,13). The molecule has 2 N–H and O–H groups in total. The van der Waals surface area contributed by atoms with Crippen LogP contribution in [-0.4, -0.2) is 23.6 Å². The fourth-order valence-corrected chi connectivity index (χ4v) is 2.10. The van der Waals surface area contributed by atoms with Gasteiger partial charge in [0.2, 0.25) is 0 Å². The Bertz CT molecular complexity index is 577. The van der Waals surface area contributed by atoms with Crippen LogP contribution in [0.1, 0.15) is 5.69 Å². The minimum absolute atomic E-state index is 0.0100. The summed E-state index contributed by atoms with van der Waals surface area (Å²) in [5.74, 6) is 0.287. The molecule has 2 aromatic heterocycles. The van der Waals surface area contributed by atoms with Crippen molar-refractivity contribution < 1.29 is 8.42 Å². The van der Waals surface area contributed by atoms with E-state index in [1.54, 1.807) is 25.1 Å². The summed E-state index contributed by atoms with van der Waals surface area (Å²) in [4.78, 5) is 4.04. The molecule has 0 bridgehead atoms. The number of hydrogen-bond donors (Lipinski definition) is 2. The molecule has 0 fully saturated rings. The number of aromatic nitrogens is 3. The van der Waals surface area contributed by atoms with E-state index in [0.717, 1.165) is 5.69 Å². The molecule has 0 aliphatic carbocycles. The molecule has 0 saturated carbocycles. The van der Waals surface area contributed by atoms with Crippen molar-refractivity contribution in [3.05, 3.63) is 36.2 Å². The number of sulfonamides is 1. The van der Waals surface area contributed by atoms with Crippen LogP contribution >= 0.6 is 0 Å². The number of hydrogen-bond acceptors (Lipinski definition) is 4. The molecule has 0 amide bonds. The lowest BCUT2D eigenvalue weighted by molar-refractivity contribution is 0.597. The summed E-state index contributed by atoms with van der Waals surface area (Å²) in [5, 5.41) is 5.98. The quantitative estimate of drug-likeness (QED) is 0.832. The average Bonchev–Trinajstić information content (AvgIpc) is 2.69. The summed E-state index contributed by atoms with van der Waals surface area (Å²) in [6.45, 7) is 1.79. The van der Waals surface area contributed by atoms with Crippen molar-refractivity contribution in [3.63, 3.8) is 0 Å². The Morgan fingerprint density at radius 3 is 2.75 bits per heavy atom. The van der Waals surface area contributed by atoms with Crippen molar-refractivity contribution in [2.75, 3.05) is 4.72 Å². The second kappa shape index (κ2) is 3.93. The van der Waals surface area contributed by atoms with Gasteiger partial charge in [-0.2, -0.15) is 13.5 Å². The van der Waals surface area contributed by atoms with Gasteiger partial charge in [-0.15, -0.1) is 0 Å². The van der Waals surface area contributed by atoms with Gasteiger partial charge in [-0.1, -0.05) is 6.07 Å². The van der Waals surface area contributed by atoms with Gasteiger partial charge in [0.15, 0.2) is 5.03 Å². The molecule has 0 saturated heterocycles. The fourth-order valence-electron chi connectivity index (χ4n) is 1.19. The molecule has 0 aliphatic rings. The van der Waals surface area contributed by atoms with E-state index in [1.807, 2.05) is 0 Å². The number of H-pyrrole nitrogens is 1. The molecular formula is C9H10N4O2S. The van der Waals surface area contributed by atoms with Crippen LogP contribution in [0.15, 0.2) is 35.5 Å². The van der Waals surface area contributed by atoms with E-state index in [4.69, 9.17) is 0 Å². The molecule has 6 nitrogen and oxygen atoms in total. The summed E-state index contributed by atoms with van der Waals surface area (Å²) in [5.41, 5.74) is 0.741. The summed E-state index contributed by atoms with van der Waals surface area (Å²) in [7, 11) is -3.62. The highest BCUT2D eigenvalue weighted by atomic mass is 32.2. The molecule has 7 heteroatoms. The Labute approximate surface area is 92.8 Å². The minimum Gasteiger partial charge on any atom is -0.266 e. The molecule has 2 rings (SSSR count). The zero-order valence-corrected chi connectivity index (χ0v) is 9.32. The third-order valence-corrected chi connectivity index (χ3v) is 3.18. The summed E-state index contributed by atoms with van der Waals surface area (Å²) < 4.78 is 25.9. The number of aromatic amines is 1. The van der Waals surface area contributed by atoms with E-state index in [0.29, 0.717) is 0 Å². The maximum atomic E-state index is 11.8. The van der Waals surface area contributed by atoms with Crippen LogP contribution in [0.2, 0.25) is 0 Å². The lowest BCUT2D eigenvalue weighted by atomic mass is 10.4. The Morgan fingerprint density at radius 1 is 1.31 bits per heavy atom. The molecular weight excluding hydrogens is 228 g/mol. The Balaban J connectivity index is 2.29. The number of nitrogens with one attached hydrogen (secondary N) is 2. The second-order valence-corrected chi connectivity index (χ2v) is 4.84. The van der Waals surface area contributed by atoms with Gasteiger partial charge in [0.05, 0.1) is 6.20 Å². The van der Waals surface area contributed by atoms with Gasteiger partial charge < -0.3 is 0 Å². The van der Waals surface area contributed by atoms with Crippen LogP contribution in [0, 0.1) is 6.92 Å². The molecule has 0 aliphatic heterocycles. The van der Waals surface area contributed by atoms with Crippen LogP contribution in [-0.2, 0) is 10.0 Å². The van der Waals surface area contributed by atoms with E-state index in [2.05, 4.69) is 19.9 Å². The second-order valence-electron chi connectivity index (χ2n) is 3.19. The molecule has 0 unspecified atom stereocenters. The highest BCUT2D eigenvalue weighted by Crippen LogP contribution is 2.11. The smallest absolute Gasteiger partial charge is 0.266 e. The van der Waals surface area contributed by atoms with Gasteiger partial charge in [-0.25, -0.2) is 4.98 Å². The van der Waals surface area contributed by atoms with Crippen molar-refractivity contribution >= 4 is 15.8 Å². The minimum atomic E-state index is -3.62. The molecule has 0 atom stereocenters. The van der Waals surface area contributed by atoms with Crippen LogP contribution < -0.4 is 4.72 Å². The predicted octanol–water partition coefficient (Wildman–Crippen LogP) is 0.914. The predicted molar refractivity (Wildman–Crippen MR) is 58.4 cm³/mol. The van der Waals surface area contributed by atoms with Crippen molar-refractivity contribution in [3.8, 4) is 0 Å². The van der Waals surface area contributed by atoms with Gasteiger partial charge in [0, 0.05) is 5.69 Å². The van der Waals surface area contributed by atoms with Gasteiger partial charge >= 0.3 is 0 Å². The largest absolute Gasteiger partial charge is 0.279 e. The Kier molecular flexibility index (Phi) is 2.61. The molecule has 2 heterocycles. The van der Waals surface area contributed by atoms with Gasteiger partial charge in [-0.05, 0) is 25.1 Å². The monoisotopic (exact) mass is 238 g/mol. The van der Waals surface area contributed by atoms with Crippen molar-refractivity contribution in [2.24, 2.45) is 0 Å². The third kappa shape index (κ3) is 2.19.